The lowest BCUT2D eigenvalue weighted by Gasteiger charge is -2.14. The zero-order chi connectivity index (χ0) is 13.0. The number of hydrogen-bond acceptors (Lipinski definition) is 3. The monoisotopic (exact) mass is 276 g/mol. The first-order chi connectivity index (χ1) is 7.95. The molecule has 1 aromatic rings. The second-order valence-corrected chi connectivity index (χ2v) is 4.43. The number of nitrogens with two attached hydrogens (primary N) is 2. The quantitative estimate of drug-likeness (QED) is 0.866. The molecule has 1 unspecified atom stereocenters. The zero-order valence-corrected chi connectivity index (χ0v) is 10.9. The van der Waals surface area contributed by atoms with Crippen LogP contribution in [0.5, 0.6) is 5.75 Å². The highest BCUT2D eigenvalue weighted by atomic mass is 35.5. The molecule has 1 atom stereocenters. The van der Waals surface area contributed by atoms with Crippen molar-refractivity contribution in [3.8, 4) is 5.75 Å². The zero-order valence-electron chi connectivity index (χ0n) is 9.37. The van der Waals surface area contributed by atoms with Gasteiger partial charge in [0.05, 0.1) is 12.1 Å². The Hall–Kier alpha value is -0.970. The van der Waals surface area contributed by atoms with Crippen molar-refractivity contribution in [1.82, 2.24) is 0 Å². The molecule has 1 amide bonds. The largest absolute Gasteiger partial charge is 0.495 e. The molecule has 6 heteroatoms. The lowest BCUT2D eigenvalue weighted by Crippen LogP contribution is -2.16. The Bertz CT molecular complexity index is 424. The first kappa shape index (κ1) is 14.1. The van der Waals surface area contributed by atoms with Crippen LogP contribution in [0.25, 0.3) is 0 Å². The molecule has 94 valence electrons. The van der Waals surface area contributed by atoms with Gasteiger partial charge in [0.1, 0.15) is 5.75 Å². The second kappa shape index (κ2) is 6.10. The summed E-state index contributed by atoms with van der Waals surface area (Å²) >= 11 is 12.0. The summed E-state index contributed by atoms with van der Waals surface area (Å²) < 4.78 is 5.03. The average Bonchev–Trinajstić information content (AvgIpc) is 2.28. The van der Waals surface area contributed by atoms with E-state index in [0.29, 0.717) is 27.8 Å². The van der Waals surface area contributed by atoms with E-state index in [2.05, 4.69) is 0 Å². The number of methoxy groups -OCH3 is 1. The van der Waals surface area contributed by atoms with Crippen LogP contribution in [0.3, 0.4) is 0 Å². The number of carbonyl (C=O) groups excluding carboxylic acids is 1. The Morgan fingerprint density at radius 1 is 1.41 bits per heavy atom. The molecule has 1 aromatic carbocycles. The van der Waals surface area contributed by atoms with Gasteiger partial charge in [-0.2, -0.15) is 0 Å². The van der Waals surface area contributed by atoms with Gasteiger partial charge in [0.2, 0.25) is 5.91 Å². The number of hydrogen-bond donors (Lipinski definition) is 2. The molecule has 0 radical (unpaired) electrons. The highest BCUT2D eigenvalue weighted by Gasteiger charge is 2.14. The topological polar surface area (TPSA) is 78.3 Å². The number of halogens is 2. The van der Waals surface area contributed by atoms with Crippen molar-refractivity contribution in [2.45, 2.75) is 18.9 Å². The predicted molar refractivity (Wildman–Crippen MR) is 68.4 cm³/mol. The normalized spacial score (nSPS) is 12.2. The van der Waals surface area contributed by atoms with Gasteiger partial charge in [-0.15, -0.1) is 0 Å². The molecule has 1 rings (SSSR count). The third kappa shape index (κ3) is 3.77. The van der Waals surface area contributed by atoms with Crippen LogP contribution >= 0.6 is 23.2 Å². The highest BCUT2D eigenvalue weighted by molar-refractivity contribution is 6.34. The van der Waals surface area contributed by atoms with E-state index in [1.54, 1.807) is 12.1 Å². The van der Waals surface area contributed by atoms with Crippen molar-refractivity contribution < 1.29 is 9.53 Å². The summed E-state index contributed by atoms with van der Waals surface area (Å²) in [6.07, 6.45) is 0.638. The first-order valence-electron chi connectivity index (χ1n) is 5.02. The van der Waals surface area contributed by atoms with Gasteiger partial charge >= 0.3 is 0 Å². The average molecular weight is 277 g/mol. The van der Waals surface area contributed by atoms with Crippen LogP contribution < -0.4 is 16.2 Å². The number of benzene rings is 1. The molecular weight excluding hydrogens is 263 g/mol. The maximum atomic E-state index is 10.7. The lowest BCUT2D eigenvalue weighted by atomic mass is 10.0. The summed E-state index contributed by atoms with van der Waals surface area (Å²) in [5, 5.41) is 0.893. The Morgan fingerprint density at radius 2 is 2.06 bits per heavy atom. The molecule has 0 aromatic heterocycles. The van der Waals surface area contributed by atoms with Gasteiger partial charge in [-0.25, -0.2) is 0 Å². The molecule has 0 bridgehead atoms. The molecule has 17 heavy (non-hydrogen) atoms. The summed E-state index contributed by atoms with van der Waals surface area (Å²) in [5.74, 6) is 0.0960. The standard InChI is InChI=1S/C11H14Cl2N2O2/c1-17-10-5-7(12)6(4-8(10)13)9(14)2-3-11(15)16/h4-5,9H,2-3,14H2,1H3,(H2,15,16). The van der Waals surface area contributed by atoms with Gasteiger partial charge in [0.25, 0.3) is 0 Å². The summed E-state index contributed by atoms with van der Waals surface area (Å²) in [7, 11) is 1.50. The van der Waals surface area contributed by atoms with Crippen LogP contribution in [0.15, 0.2) is 12.1 Å². The van der Waals surface area contributed by atoms with Crippen molar-refractivity contribution in [3.05, 3.63) is 27.7 Å². The fourth-order valence-corrected chi connectivity index (χ4v) is 1.98. The SMILES string of the molecule is COc1cc(Cl)c(C(N)CCC(N)=O)cc1Cl. The third-order valence-electron chi connectivity index (χ3n) is 2.37. The Morgan fingerprint density at radius 3 is 2.59 bits per heavy atom. The third-order valence-corrected chi connectivity index (χ3v) is 3.00. The maximum absolute atomic E-state index is 10.7. The summed E-state index contributed by atoms with van der Waals surface area (Å²) in [6, 6.07) is 2.87. The minimum absolute atomic E-state index is 0.209. The highest BCUT2D eigenvalue weighted by Crippen LogP contribution is 2.34. The van der Waals surface area contributed by atoms with Crippen LogP contribution in [-0.2, 0) is 4.79 Å². The van der Waals surface area contributed by atoms with Gasteiger partial charge in [0.15, 0.2) is 0 Å². The molecule has 0 spiro atoms. The predicted octanol–water partition coefficient (Wildman–Crippen LogP) is 2.27. The molecule has 0 saturated heterocycles. The molecule has 4 N–H and O–H groups in total. The van der Waals surface area contributed by atoms with Gasteiger partial charge in [0, 0.05) is 23.6 Å². The van der Waals surface area contributed by atoms with Gasteiger partial charge in [-0.3, -0.25) is 4.79 Å². The van der Waals surface area contributed by atoms with Crippen LogP contribution in [0.4, 0.5) is 0 Å². The van der Waals surface area contributed by atoms with Crippen LogP contribution in [0, 0.1) is 0 Å². The van der Waals surface area contributed by atoms with E-state index in [4.69, 9.17) is 39.4 Å². The number of carbonyl (C=O) groups is 1. The van der Waals surface area contributed by atoms with Crippen LogP contribution in [0.2, 0.25) is 10.0 Å². The van der Waals surface area contributed by atoms with Gasteiger partial charge in [-0.1, -0.05) is 23.2 Å². The molecule has 4 nitrogen and oxygen atoms in total. The first-order valence-corrected chi connectivity index (χ1v) is 5.78. The van der Waals surface area contributed by atoms with Crippen molar-refractivity contribution in [1.29, 1.82) is 0 Å². The number of ether oxygens (including phenoxy) is 1. The van der Waals surface area contributed by atoms with Gasteiger partial charge in [-0.05, 0) is 18.1 Å². The Kier molecular flexibility index (Phi) is 5.05. The van der Waals surface area contributed by atoms with Crippen molar-refractivity contribution in [2.75, 3.05) is 7.11 Å². The minimum Gasteiger partial charge on any atom is -0.495 e. The minimum atomic E-state index is -0.392. The second-order valence-electron chi connectivity index (χ2n) is 3.62. The van der Waals surface area contributed by atoms with Crippen molar-refractivity contribution >= 4 is 29.1 Å². The van der Waals surface area contributed by atoms with Crippen LogP contribution in [0.1, 0.15) is 24.4 Å². The maximum Gasteiger partial charge on any atom is 0.217 e. The molecule has 0 aliphatic rings. The van der Waals surface area contributed by atoms with E-state index >= 15 is 0 Å². The van der Waals surface area contributed by atoms with E-state index in [-0.39, 0.29) is 12.5 Å². The van der Waals surface area contributed by atoms with E-state index in [1.807, 2.05) is 0 Å². The number of amides is 1. The number of rotatable bonds is 5. The molecule has 0 aliphatic heterocycles. The van der Waals surface area contributed by atoms with Crippen molar-refractivity contribution in [3.63, 3.8) is 0 Å². The fourth-order valence-electron chi connectivity index (χ4n) is 1.44. The fraction of sp³-hybridized carbons (Fsp3) is 0.364. The van der Waals surface area contributed by atoms with E-state index in [1.165, 1.54) is 7.11 Å². The van der Waals surface area contributed by atoms with E-state index in [0.717, 1.165) is 0 Å². The van der Waals surface area contributed by atoms with Crippen molar-refractivity contribution in [2.24, 2.45) is 11.5 Å². The molecule has 0 fully saturated rings. The number of primary amides is 1. The van der Waals surface area contributed by atoms with Gasteiger partial charge < -0.3 is 16.2 Å². The molecule has 0 heterocycles. The Balaban J connectivity index is 2.90. The molecular formula is C11H14Cl2N2O2. The Labute approximate surface area is 110 Å². The summed E-state index contributed by atoms with van der Waals surface area (Å²) in [4.78, 5) is 10.7. The molecule has 0 saturated carbocycles. The van der Waals surface area contributed by atoms with Crippen LogP contribution in [-0.4, -0.2) is 13.0 Å². The summed E-state index contributed by atoms with van der Waals surface area (Å²) in [6.45, 7) is 0. The molecule has 0 aliphatic carbocycles. The summed E-state index contributed by atoms with van der Waals surface area (Å²) in [5.41, 5.74) is 11.7. The van der Waals surface area contributed by atoms with E-state index in [9.17, 15) is 4.79 Å². The van der Waals surface area contributed by atoms with E-state index < -0.39 is 5.91 Å². The lowest BCUT2D eigenvalue weighted by molar-refractivity contribution is -0.118. The smallest absolute Gasteiger partial charge is 0.217 e.